The second kappa shape index (κ2) is 4.61. The van der Waals surface area contributed by atoms with Crippen LogP contribution in [0, 0.1) is 0 Å². The van der Waals surface area contributed by atoms with Crippen LogP contribution in [-0.4, -0.2) is 46.9 Å². The van der Waals surface area contributed by atoms with Crippen LogP contribution in [-0.2, 0) is 9.57 Å². The van der Waals surface area contributed by atoms with Gasteiger partial charge in [-0.2, -0.15) is 0 Å². The number of rotatable bonds is 1. The number of alkyl halides is 1. The Bertz CT molecular complexity index is 378. The van der Waals surface area contributed by atoms with Crippen molar-refractivity contribution in [2.75, 3.05) is 19.0 Å². The minimum absolute atomic E-state index is 0.290. The molecule has 0 N–H and O–H groups in total. The smallest absolute Gasteiger partial charge is 0.410 e. The van der Waals surface area contributed by atoms with Crippen LogP contribution in [0.15, 0.2) is 5.16 Å². The Morgan fingerprint density at radius 1 is 1.61 bits per heavy atom. The van der Waals surface area contributed by atoms with Crippen molar-refractivity contribution in [3.05, 3.63) is 0 Å². The topological polar surface area (TPSA) is 51.1 Å². The fourth-order valence-electron chi connectivity index (χ4n) is 2.22. The summed E-state index contributed by atoms with van der Waals surface area (Å²) in [6.07, 6.45) is 1.19. The highest BCUT2D eigenvalue weighted by Crippen LogP contribution is 2.34. The minimum Gasteiger partial charge on any atom is -0.444 e. The fourth-order valence-corrected chi connectivity index (χ4v) is 2.36. The van der Waals surface area contributed by atoms with Crippen molar-refractivity contribution in [1.82, 2.24) is 4.90 Å². The highest BCUT2D eigenvalue weighted by atomic mass is 35.5. The van der Waals surface area contributed by atoms with Crippen LogP contribution in [0.3, 0.4) is 0 Å². The summed E-state index contributed by atoms with van der Waals surface area (Å²) in [6.45, 7) is 6.73. The highest BCUT2D eigenvalue weighted by molar-refractivity contribution is 6.28. The van der Waals surface area contributed by atoms with Crippen molar-refractivity contribution in [3.63, 3.8) is 0 Å². The Morgan fingerprint density at radius 2 is 2.33 bits per heavy atom. The molecule has 0 aliphatic carbocycles. The van der Waals surface area contributed by atoms with E-state index in [1.54, 1.807) is 4.90 Å². The van der Waals surface area contributed by atoms with Crippen molar-refractivity contribution in [1.29, 1.82) is 0 Å². The molecule has 0 aromatic carbocycles. The number of halogens is 1. The largest absolute Gasteiger partial charge is 0.444 e. The van der Waals surface area contributed by atoms with E-state index in [2.05, 4.69) is 5.16 Å². The van der Waals surface area contributed by atoms with E-state index in [0.29, 0.717) is 25.4 Å². The summed E-state index contributed by atoms with van der Waals surface area (Å²) in [6, 6.07) is 0. The van der Waals surface area contributed by atoms with Gasteiger partial charge in [0.05, 0.1) is 18.1 Å². The Kier molecular flexibility index (Phi) is 3.45. The molecular formula is C12H19ClN2O3. The molecule has 0 saturated carbocycles. The summed E-state index contributed by atoms with van der Waals surface area (Å²) in [5.41, 5.74) is 0.00478. The van der Waals surface area contributed by atoms with Gasteiger partial charge in [0.25, 0.3) is 0 Å². The number of likely N-dealkylation sites (tertiary alicyclic amines) is 1. The molecule has 2 aliphatic heterocycles. The highest BCUT2D eigenvalue weighted by Gasteiger charge is 2.47. The standard InChI is InChI=1S/C12H19ClN2O3/c1-11(2,3)17-10(16)15-5-4-12(8-15)6-9(7-13)14-18-12/h4-8H2,1-3H3. The van der Waals surface area contributed by atoms with Gasteiger partial charge in [-0.3, -0.25) is 0 Å². The number of hydrogen-bond acceptors (Lipinski definition) is 4. The predicted molar refractivity (Wildman–Crippen MR) is 69.0 cm³/mol. The maximum Gasteiger partial charge on any atom is 0.410 e. The predicted octanol–water partition coefficient (Wildman–Crippen LogP) is 2.38. The van der Waals surface area contributed by atoms with Crippen molar-refractivity contribution in [3.8, 4) is 0 Å². The Morgan fingerprint density at radius 3 is 2.89 bits per heavy atom. The summed E-state index contributed by atoms with van der Waals surface area (Å²) in [5.74, 6) is 0.383. The molecule has 1 spiro atoms. The molecule has 1 unspecified atom stereocenters. The van der Waals surface area contributed by atoms with Crippen molar-refractivity contribution < 1.29 is 14.4 Å². The lowest BCUT2D eigenvalue weighted by molar-refractivity contribution is -0.0159. The summed E-state index contributed by atoms with van der Waals surface area (Å²) < 4.78 is 5.35. The first-order chi connectivity index (χ1) is 8.34. The number of amides is 1. The first-order valence-corrected chi connectivity index (χ1v) is 6.65. The summed E-state index contributed by atoms with van der Waals surface area (Å²) in [7, 11) is 0. The van der Waals surface area contributed by atoms with Crippen molar-refractivity contribution in [2.24, 2.45) is 5.16 Å². The average Bonchev–Trinajstić information content (AvgIpc) is 2.84. The summed E-state index contributed by atoms with van der Waals surface area (Å²) >= 11 is 5.74. The van der Waals surface area contributed by atoms with E-state index in [1.807, 2.05) is 20.8 Å². The fraction of sp³-hybridized carbons (Fsp3) is 0.833. The van der Waals surface area contributed by atoms with Gasteiger partial charge in [0.1, 0.15) is 5.60 Å². The molecule has 5 nitrogen and oxygen atoms in total. The number of ether oxygens (including phenoxy) is 1. The number of nitrogens with zero attached hydrogens (tertiary/aromatic N) is 2. The van der Waals surface area contributed by atoms with Crippen LogP contribution in [0.1, 0.15) is 33.6 Å². The van der Waals surface area contributed by atoms with Gasteiger partial charge in [0, 0.05) is 19.4 Å². The molecule has 0 aromatic heterocycles. The molecule has 1 amide bonds. The summed E-state index contributed by atoms with van der Waals surface area (Å²) in [5, 5.41) is 3.96. The van der Waals surface area contributed by atoms with Crippen LogP contribution < -0.4 is 0 Å². The maximum atomic E-state index is 11.9. The van der Waals surface area contributed by atoms with E-state index in [0.717, 1.165) is 12.1 Å². The van der Waals surface area contributed by atoms with E-state index >= 15 is 0 Å². The minimum atomic E-state index is -0.471. The number of oxime groups is 1. The summed E-state index contributed by atoms with van der Waals surface area (Å²) in [4.78, 5) is 19.1. The van der Waals surface area contributed by atoms with E-state index in [1.165, 1.54) is 0 Å². The van der Waals surface area contributed by atoms with Crippen LogP contribution in [0.4, 0.5) is 4.79 Å². The van der Waals surface area contributed by atoms with Gasteiger partial charge in [-0.25, -0.2) is 4.79 Å². The molecule has 2 rings (SSSR count). The SMILES string of the molecule is CC(C)(C)OC(=O)N1CCC2(CC(CCl)=NO2)C1. The molecule has 2 heterocycles. The quantitative estimate of drug-likeness (QED) is 0.690. The van der Waals surface area contributed by atoms with Crippen LogP contribution in [0.2, 0.25) is 0 Å². The van der Waals surface area contributed by atoms with E-state index in [4.69, 9.17) is 21.2 Å². The molecule has 18 heavy (non-hydrogen) atoms. The maximum absolute atomic E-state index is 11.9. The van der Waals surface area contributed by atoms with Gasteiger partial charge in [0.15, 0.2) is 5.60 Å². The van der Waals surface area contributed by atoms with Gasteiger partial charge in [0.2, 0.25) is 0 Å². The third kappa shape index (κ3) is 2.88. The van der Waals surface area contributed by atoms with Gasteiger partial charge in [-0.15, -0.1) is 11.6 Å². The molecule has 6 heteroatoms. The molecule has 102 valence electrons. The van der Waals surface area contributed by atoms with E-state index in [-0.39, 0.29) is 11.7 Å². The number of carbonyl (C=O) groups is 1. The zero-order valence-electron chi connectivity index (χ0n) is 11.0. The van der Waals surface area contributed by atoms with Crippen molar-refractivity contribution in [2.45, 2.75) is 44.8 Å². The third-order valence-corrected chi connectivity index (χ3v) is 3.33. The first-order valence-electron chi connectivity index (χ1n) is 6.11. The van der Waals surface area contributed by atoms with Gasteiger partial charge >= 0.3 is 6.09 Å². The number of hydrogen-bond donors (Lipinski definition) is 0. The Hall–Kier alpha value is -0.970. The zero-order chi connectivity index (χ0) is 13.4. The lowest BCUT2D eigenvalue weighted by Crippen LogP contribution is -2.39. The molecule has 0 radical (unpaired) electrons. The normalized spacial score (nSPS) is 27.3. The monoisotopic (exact) mass is 274 g/mol. The van der Waals surface area contributed by atoms with Crippen molar-refractivity contribution >= 4 is 23.4 Å². The van der Waals surface area contributed by atoms with Gasteiger partial charge < -0.3 is 14.5 Å². The second-order valence-electron chi connectivity index (χ2n) is 5.89. The van der Waals surface area contributed by atoms with Crippen LogP contribution in [0.25, 0.3) is 0 Å². The van der Waals surface area contributed by atoms with Gasteiger partial charge in [-0.05, 0) is 20.8 Å². The molecule has 1 saturated heterocycles. The molecule has 2 aliphatic rings. The zero-order valence-corrected chi connectivity index (χ0v) is 11.8. The lowest BCUT2D eigenvalue weighted by Gasteiger charge is -2.25. The van der Waals surface area contributed by atoms with E-state index in [9.17, 15) is 4.79 Å². The van der Waals surface area contributed by atoms with E-state index < -0.39 is 5.60 Å². The average molecular weight is 275 g/mol. The third-order valence-electron chi connectivity index (χ3n) is 3.02. The molecule has 0 aromatic rings. The van der Waals surface area contributed by atoms with Crippen LogP contribution >= 0.6 is 11.6 Å². The van der Waals surface area contributed by atoms with Gasteiger partial charge in [-0.1, -0.05) is 5.16 Å². The molecule has 1 atom stereocenters. The molecule has 1 fully saturated rings. The first kappa shape index (κ1) is 13.5. The molecule has 0 bridgehead atoms. The Balaban J connectivity index is 1.92. The Labute approximate surface area is 112 Å². The van der Waals surface area contributed by atoms with Crippen LogP contribution in [0.5, 0.6) is 0 Å². The lowest BCUT2D eigenvalue weighted by atomic mass is 9.97. The number of carbonyl (C=O) groups excluding carboxylic acids is 1. The second-order valence-corrected chi connectivity index (χ2v) is 6.16. The molecular weight excluding hydrogens is 256 g/mol.